The standard InChI is InChI=1S/C11H16N2O2/c1-8-4-9(5-13-10(8)14-3)15-11(2)6-12-7-11/h4-5,12H,6-7H2,1-3H3. The summed E-state index contributed by atoms with van der Waals surface area (Å²) in [6.45, 7) is 5.82. The van der Waals surface area contributed by atoms with Crippen LogP contribution in [0.1, 0.15) is 12.5 Å². The van der Waals surface area contributed by atoms with Gasteiger partial charge in [-0.25, -0.2) is 4.98 Å². The predicted molar refractivity (Wildman–Crippen MR) is 57.4 cm³/mol. The normalized spacial score (nSPS) is 18.1. The number of nitrogens with one attached hydrogen (secondary N) is 1. The number of aryl methyl sites for hydroxylation is 1. The van der Waals surface area contributed by atoms with Crippen LogP contribution in [-0.4, -0.2) is 30.8 Å². The Labute approximate surface area is 89.6 Å². The van der Waals surface area contributed by atoms with Gasteiger partial charge in [-0.05, 0) is 19.9 Å². The highest BCUT2D eigenvalue weighted by Gasteiger charge is 2.33. The first kappa shape index (κ1) is 10.2. The van der Waals surface area contributed by atoms with Gasteiger partial charge in [-0.3, -0.25) is 0 Å². The number of nitrogens with zero attached hydrogens (tertiary/aromatic N) is 1. The molecule has 0 atom stereocenters. The largest absolute Gasteiger partial charge is 0.483 e. The Balaban J connectivity index is 2.12. The molecule has 2 rings (SSSR count). The monoisotopic (exact) mass is 208 g/mol. The molecule has 1 aromatic rings. The molecule has 4 nitrogen and oxygen atoms in total. The molecule has 0 saturated carbocycles. The van der Waals surface area contributed by atoms with Gasteiger partial charge in [0.05, 0.1) is 13.3 Å². The van der Waals surface area contributed by atoms with E-state index in [0.717, 1.165) is 24.4 Å². The van der Waals surface area contributed by atoms with Crippen molar-refractivity contribution in [1.29, 1.82) is 0 Å². The Bertz CT molecular complexity index is 362. The van der Waals surface area contributed by atoms with Crippen LogP contribution in [0.25, 0.3) is 0 Å². The fourth-order valence-electron chi connectivity index (χ4n) is 1.64. The fourth-order valence-corrected chi connectivity index (χ4v) is 1.64. The smallest absolute Gasteiger partial charge is 0.216 e. The molecule has 0 bridgehead atoms. The molecule has 4 heteroatoms. The predicted octanol–water partition coefficient (Wildman–Crippen LogP) is 1.14. The number of rotatable bonds is 3. The van der Waals surface area contributed by atoms with Crippen LogP contribution in [0, 0.1) is 6.92 Å². The van der Waals surface area contributed by atoms with Crippen LogP contribution in [0.4, 0.5) is 0 Å². The summed E-state index contributed by atoms with van der Waals surface area (Å²) >= 11 is 0. The van der Waals surface area contributed by atoms with Gasteiger partial charge in [0, 0.05) is 18.7 Å². The van der Waals surface area contributed by atoms with Crippen LogP contribution in [0.3, 0.4) is 0 Å². The summed E-state index contributed by atoms with van der Waals surface area (Å²) in [6, 6.07) is 1.95. The van der Waals surface area contributed by atoms with E-state index >= 15 is 0 Å². The van der Waals surface area contributed by atoms with E-state index < -0.39 is 0 Å². The van der Waals surface area contributed by atoms with Gasteiger partial charge in [0.25, 0.3) is 0 Å². The van der Waals surface area contributed by atoms with E-state index in [1.54, 1.807) is 13.3 Å². The third-order valence-corrected chi connectivity index (χ3v) is 2.56. The van der Waals surface area contributed by atoms with Crippen molar-refractivity contribution in [1.82, 2.24) is 10.3 Å². The molecule has 15 heavy (non-hydrogen) atoms. The van der Waals surface area contributed by atoms with E-state index in [9.17, 15) is 0 Å². The molecule has 1 N–H and O–H groups in total. The van der Waals surface area contributed by atoms with Crippen molar-refractivity contribution in [2.24, 2.45) is 0 Å². The lowest BCUT2D eigenvalue weighted by Crippen LogP contribution is -2.61. The highest BCUT2D eigenvalue weighted by molar-refractivity contribution is 5.32. The lowest BCUT2D eigenvalue weighted by Gasteiger charge is -2.39. The van der Waals surface area contributed by atoms with Crippen LogP contribution >= 0.6 is 0 Å². The molecule has 0 aliphatic carbocycles. The number of ether oxygens (including phenoxy) is 2. The zero-order valence-electron chi connectivity index (χ0n) is 9.33. The molecule has 82 valence electrons. The molecule has 0 spiro atoms. The number of methoxy groups -OCH3 is 1. The molecule has 1 fully saturated rings. The minimum atomic E-state index is -0.0806. The Kier molecular flexibility index (Phi) is 2.52. The van der Waals surface area contributed by atoms with E-state index in [1.165, 1.54) is 0 Å². The third-order valence-electron chi connectivity index (χ3n) is 2.56. The van der Waals surface area contributed by atoms with Crippen molar-refractivity contribution in [3.63, 3.8) is 0 Å². The maximum atomic E-state index is 5.84. The van der Waals surface area contributed by atoms with Gasteiger partial charge in [-0.2, -0.15) is 0 Å². The summed E-state index contributed by atoms with van der Waals surface area (Å²) in [4.78, 5) is 4.17. The van der Waals surface area contributed by atoms with Gasteiger partial charge in [0.15, 0.2) is 0 Å². The van der Waals surface area contributed by atoms with E-state index in [1.807, 2.05) is 13.0 Å². The van der Waals surface area contributed by atoms with Gasteiger partial charge in [0.1, 0.15) is 11.4 Å². The zero-order chi connectivity index (χ0) is 10.9. The first-order valence-corrected chi connectivity index (χ1v) is 5.03. The molecular weight excluding hydrogens is 192 g/mol. The van der Waals surface area contributed by atoms with E-state index in [4.69, 9.17) is 9.47 Å². The number of hydrogen-bond donors (Lipinski definition) is 1. The maximum Gasteiger partial charge on any atom is 0.216 e. The van der Waals surface area contributed by atoms with Crippen molar-refractivity contribution in [2.45, 2.75) is 19.4 Å². The average molecular weight is 208 g/mol. The molecule has 0 aromatic carbocycles. The average Bonchev–Trinajstić information content (AvgIpc) is 2.16. The summed E-state index contributed by atoms with van der Waals surface area (Å²) in [7, 11) is 1.62. The second kappa shape index (κ2) is 3.70. The molecule has 0 radical (unpaired) electrons. The van der Waals surface area contributed by atoms with Crippen LogP contribution in [-0.2, 0) is 0 Å². The SMILES string of the molecule is COc1ncc(OC2(C)CNC2)cc1C. The molecule has 0 amide bonds. The van der Waals surface area contributed by atoms with Gasteiger partial charge in [0.2, 0.25) is 5.88 Å². The number of pyridine rings is 1. The lowest BCUT2D eigenvalue weighted by atomic mass is 10.00. The number of aromatic nitrogens is 1. The van der Waals surface area contributed by atoms with Crippen molar-refractivity contribution < 1.29 is 9.47 Å². The Hall–Kier alpha value is -1.29. The van der Waals surface area contributed by atoms with Crippen molar-refractivity contribution >= 4 is 0 Å². The Morgan fingerprint density at radius 2 is 2.20 bits per heavy atom. The molecule has 1 aliphatic rings. The highest BCUT2D eigenvalue weighted by Crippen LogP contribution is 2.24. The Morgan fingerprint density at radius 1 is 1.47 bits per heavy atom. The maximum absolute atomic E-state index is 5.84. The summed E-state index contributed by atoms with van der Waals surface area (Å²) in [5.41, 5.74) is 0.911. The second-order valence-corrected chi connectivity index (χ2v) is 4.15. The summed E-state index contributed by atoms with van der Waals surface area (Å²) in [5, 5.41) is 3.19. The molecular formula is C11H16N2O2. The van der Waals surface area contributed by atoms with Gasteiger partial charge in [-0.1, -0.05) is 0 Å². The van der Waals surface area contributed by atoms with Crippen LogP contribution in [0.5, 0.6) is 11.6 Å². The van der Waals surface area contributed by atoms with Gasteiger partial charge in [-0.15, -0.1) is 0 Å². The van der Waals surface area contributed by atoms with Crippen molar-refractivity contribution in [3.8, 4) is 11.6 Å². The second-order valence-electron chi connectivity index (χ2n) is 4.15. The Morgan fingerprint density at radius 3 is 2.67 bits per heavy atom. The molecule has 1 aliphatic heterocycles. The zero-order valence-corrected chi connectivity index (χ0v) is 9.33. The first-order valence-electron chi connectivity index (χ1n) is 5.03. The third kappa shape index (κ3) is 2.04. The van der Waals surface area contributed by atoms with Gasteiger partial charge < -0.3 is 14.8 Å². The molecule has 0 unspecified atom stereocenters. The summed E-state index contributed by atoms with van der Waals surface area (Å²) < 4.78 is 10.9. The molecule has 1 saturated heterocycles. The van der Waals surface area contributed by atoms with Crippen molar-refractivity contribution in [3.05, 3.63) is 17.8 Å². The number of hydrogen-bond acceptors (Lipinski definition) is 4. The topological polar surface area (TPSA) is 43.4 Å². The quantitative estimate of drug-likeness (QED) is 0.809. The minimum Gasteiger partial charge on any atom is -0.483 e. The summed E-state index contributed by atoms with van der Waals surface area (Å²) in [6.07, 6.45) is 1.70. The van der Waals surface area contributed by atoms with E-state index in [0.29, 0.717) is 5.88 Å². The van der Waals surface area contributed by atoms with E-state index in [-0.39, 0.29) is 5.60 Å². The lowest BCUT2D eigenvalue weighted by molar-refractivity contribution is 0.0344. The molecule has 1 aromatic heterocycles. The van der Waals surface area contributed by atoms with Gasteiger partial charge >= 0.3 is 0 Å². The minimum absolute atomic E-state index is 0.0806. The molecule has 2 heterocycles. The first-order chi connectivity index (χ1) is 7.13. The van der Waals surface area contributed by atoms with E-state index in [2.05, 4.69) is 17.2 Å². The fraction of sp³-hybridized carbons (Fsp3) is 0.545. The highest BCUT2D eigenvalue weighted by atomic mass is 16.5. The van der Waals surface area contributed by atoms with Crippen LogP contribution in [0.2, 0.25) is 0 Å². The van der Waals surface area contributed by atoms with Crippen LogP contribution < -0.4 is 14.8 Å². The summed E-state index contributed by atoms with van der Waals surface area (Å²) in [5.74, 6) is 1.46. The van der Waals surface area contributed by atoms with Crippen molar-refractivity contribution in [2.75, 3.05) is 20.2 Å². The van der Waals surface area contributed by atoms with Crippen LogP contribution in [0.15, 0.2) is 12.3 Å².